The smallest absolute Gasteiger partial charge is 0.407 e. The second kappa shape index (κ2) is 9.91. The van der Waals surface area contributed by atoms with E-state index in [9.17, 15) is 19.2 Å². The van der Waals surface area contributed by atoms with E-state index in [4.69, 9.17) is 4.74 Å². The SMILES string of the molecule is CNC(=O)c1cc(C(=O)CC2CC3(C2)CC(NC(=O)OC(C)(C)C)C3)cn(Cc2ccccc2)c1=O. The van der Waals surface area contributed by atoms with Gasteiger partial charge in [0.2, 0.25) is 0 Å². The molecule has 1 aromatic carbocycles. The predicted octanol–water partition coefficient (Wildman–Crippen LogP) is 3.91. The zero-order valence-corrected chi connectivity index (χ0v) is 21.4. The molecular formula is C28H35N3O5. The van der Waals surface area contributed by atoms with Gasteiger partial charge < -0.3 is 19.9 Å². The van der Waals surface area contributed by atoms with Gasteiger partial charge >= 0.3 is 6.09 Å². The number of ether oxygens (including phenoxy) is 1. The molecule has 0 unspecified atom stereocenters. The van der Waals surface area contributed by atoms with E-state index >= 15 is 0 Å². The Kier molecular flexibility index (Phi) is 7.07. The maximum absolute atomic E-state index is 13.2. The number of Topliss-reactive ketones (excluding diaryl/α,β-unsaturated/α-hetero) is 1. The van der Waals surface area contributed by atoms with Crippen LogP contribution in [0.3, 0.4) is 0 Å². The van der Waals surface area contributed by atoms with E-state index < -0.39 is 17.1 Å². The standard InChI is InChI=1S/C28H35N3O5/c1-27(2,3)36-26(35)30-21-14-28(15-21)12-19(13-28)10-23(32)20-11-22(24(33)29-4)25(34)31(17-20)16-18-8-6-5-7-9-18/h5-9,11,17,19,21H,10,12-16H2,1-4H3,(H,29,33)(H,30,35). The molecule has 2 aliphatic carbocycles. The lowest BCUT2D eigenvalue weighted by Crippen LogP contribution is -2.56. The highest BCUT2D eigenvalue weighted by Gasteiger charge is 2.53. The summed E-state index contributed by atoms with van der Waals surface area (Å²) in [5.74, 6) is -0.306. The van der Waals surface area contributed by atoms with Crippen molar-refractivity contribution < 1.29 is 19.1 Å². The van der Waals surface area contributed by atoms with Gasteiger partial charge in [0.25, 0.3) is 11.5 Å². The molecule has 1 heterocycles. The minimum absolute atomic E-state index is 0.0283. The van der Waals surface area contributed by atoms with Crippen molar-refractivity contribution >= 4 is 17.8 Å². The monoisotopic (exact) mass is 493 g/mol. The lowest BCUT2D eigenvalue weighted by atomic mass is 9.49. The third-order valence-electron chi connectivity index (χ3n) is 7.07. The highest BCUT2D eigenvalue weighted by Crippen LogP contribution is 2.59. The van der Waals surface area contributed by atoms with E-state index in [1.165, 1.54) is 17.7 Å². The van der Waals surface area contributed by atoms with Crippen molar-refractivity contribution in [2.75, 3.05) is 7.05 Å². The molecule has 2 aromatic rings. The Bertz CT molecular complexity index is 1200. The summed E-state index contributed by atoms with van der Waals surface area (Å²) >= 11 is 0. The number of aromatic nitrogens is 1. The number of pyridine rings is 1. The second-order valence-corrected chi connectivity index (χ2v) is 11.3. The van der Waals surface area contributed by atoms with E-state index in [0.717, 1.165) is 31.2 Å². The summed E-state index contributed by atoms with van der Waals surface area (Å²) in [6.07, 6.45) is 5.25. The summed E-state index contributed by atoms with van der Waals surface area (Å²) in [5.41, 5.74) is 0.518. The third kappa shape index (κ3) is 5.86. The molecule has 36 heavy (non-hydrogen) atoms. The van der Waals surface area contributed by atoms with Crippen LogP contribution in [0.2, 0.25) is 0 Å². The number of nitrogens with one attached hydrogen (secondary N) is 2. The zero-order valence-electron chi connectivity index (χ0n) is 21.4. The first-order valence-electron chi connectivity index (χ1n) is 12.5. The molecule has 2 N–H and O–H groups in total. The number of nitrogens with zero attached hydrogens (tertiary/aromatic N) is 1. The van der Waals surface area contributed by atoms with Crippen LogP contribution in [0.4, 0.5) is 4.79 Å². The van der Waals surface area contributed by atoms with Gasteiger partial charge in [-0.05, 0) is 69.4 Å². The first kappa shape index (κ1) is 25.7. The van der Waals surface area contributed by atoms with Gasteiger partial charge in [0.1, 0.15) is 11.2 Å². The second-order valence-electron chi connectivity index (χ2n) is 11.3. The van der Waals surface area contributed by atoms with E-state index in [0.29, 0.717) is 12.0 Å². The number of ketones is 1. The van der Waals surface area contributed by atoms with Crippen molar-refractivity contribution in [3.8, 4) is 0 Å². The van der Waals surface area contributed by atoms with Crippen molar-refractivity contribution in [1.29, 1.82) is 0 Å². The molecule has 2 saturated carbocycles. The summed E-state index contributed by atoms with van der Waals surface area (Å²) in [5, 5.41) is 5.43. The summed E-state index contributed by atoms with van der Waals surface area (Å²) in [6.45, 7) is 5.80. The molecule has 0 radical (unpaired) electrons. The average molecular weight is 494 g/mol. The first-order valence-corrected chi connectivity index (χ1v) is 12.5. The number of benzene rings is 1. The number of rotatable bonds is 7. The van der Waals surface area contributed by atoms with Crippen LogP contribution in [0.5, 0.6) is 0 Å². The quantitative estimate of drug-likeness (QED) is 0.569. The van der Waals surface area contributed by atoms with Crippen LogP contribution in [0.15, 0.2) is 47.4 Å². The Balaban J connectivity index is 1.37. The first-order chi connectivity index (χ1) is 17.0. The van der Waals surface area contributed by atoms with Gasteiger partial charge in [-0.25, -0.2) is 4.79 Å². The molecule has 1 aromatic heterocycles. The zero-order chi connectivity index (χ0) is 26.1. The highest BCUT2D eigenvalue weighted by molar-refractivity contribution is 6.00. The molecule has 0 aliphatic heterocycles. The van der Waals surface area contributed by atoms with Crippen LogP contribution in [-0.2, 0) is 11.3 Å². The van der Waals surface area contributed by atoms with Gasteiger partial charge in [-0.1, -0.05) is 30.3 Å². The Morgan fingerprint density at radius 1 is 1.08 bits per heavy atom. The Hall–Kier alpha value is -3.42. The van der Waals surface area contributed by atoms with Gasteiger partial charge in [-0.15, -0.1) is 0 Å². The number of hydrogen-bond donors (Lipinski definition) is 2. The van der Waals surface area contributed by atoms with Crippen LogP contribution in [0.1, 0.15) is 79.2 Å². The van der Waals surface area contributed by atoms with Crippen LogP contribution >= 0.6 is 0 Å². The summed E-state index contributed by atoms with van der Waals surface area (Å²) in [4.78, 5) is 50.4. The lowest BCUT2D eigenvalue weighted by molar-refractivity contribution is -0.0506. The van der Waals surface area contributed by atoms with Gasteiger partial charge in [0.05, 0.1) is 6.54 Å². The van der Waals surface area contributed by atoms with Gasteiger partial charge in [0, 0.05) is 31.3 Å². The molecule has 0 saturated heterocycles. The van der Waals surface area contributed by atoms with Crippen molar-refractivity contribution in [3.05, 3.63) is 69.6 Å². The molecule has 2 amide bonds. The largest absolute Gasteiger partial charge is 0.444 e. The summed E-state index contributed by atoms with van der Waals surface area (Å²) < 4.78 is 6.77. The molecule has 2 fully saturated rings. The van der Waals surface area contributed by atoms with E-state index in [2.05, 4.69) is 10.6 Å². The lowest BCUT2D eigenvalue weighted by Gasteiger charge is -2.57. The highest BCUT2D eigenvalue weighted by atomic mass is 16.6. The van der Waals surface area contributed by atoms with Gasteiger partial charge in [0.15, 0.2) is 5.78 Å². The molecule has 8 heteroatoms. The molecule has 192 valence electrons. The summed E-state index contributed by atoms with van der Waals surface area (Å²) in [7, 11) is 1.47. The van der Waals surface area contributed by atoms with Crippen LogP contribution in [0.25, 0.3) is 0 Å². The van der Waals surface area contributed by atoms with E-state index in [1.54, 1.807) is 6.20 Å². The molecule has 4 rings (SSSR count). The molecule has 0 bridgehead atoms. The Morgan fingerprint density at radius 3 is 2.36 bits per heavy atom. The van der Waals surface area contributed by atoms with Crippen molar-refractivity contribution in [2.45, 2.75) is 71.1 Å². The van der Waals surface area contributed by atoms with Crippen molar-refractivity contribution in [1.82, 2.24) is 15.2 Å². The molecular weight excluding hydrogens is 458 g/mol. The molecule has 8 nitrogen and oxygen atoms in total. The van der Waals surface area contributed by atoms with Gasteiger partial charge in [-0.2, -0.15) is 0 Å². The Labute approximate surface area is 211 Å². The maximum atomic E-state index is 13.2. The van der Waals surface area contributed by atoms with E-state index in [1.807, 2.05) is 51.1 Å². The average Bonchev–Trinajstić information content (AvgIpc) is 2.76. The van der Waals surface area contributed by atoms with Gasteiger partial charge in [-0.3, -0.25) is 14.4 Å². The molecule has 2 aliphatic rings. The van der Waals surface area contributed by atoms with Crippen LogP contribution < -0.4 is 16.2 Å². The number of alkyl carbamates (subject to hydrolysis) is 1. The fourth-order valence-electron chi connectivity index (χ4n) is 5.57. The minimum Gasteiger partial charge on any atom is -0.444 e. The molecule has 0 atom stereocenters. The van der Waals surface area contributed by atoms with Crippen molar-refractivity contribution in [3.63, 3.8) is 0 Å². The summed E-state index contributed by atoms with van der Waals surface area (Å²) in [6, 6.07) is 11.0. The number of carbonyl (C=O) groups excluding carboxylic acids is 3. The van der Waals surface area contributed by atoms with Crippen LogP contribution in [0, 0.1) is 11.3 Å². The Morgan fingerprint density at radius 2 is 1.75 bits per heavy atom. The maximum Gasteiger partial charge on any atom is 0.407 e. The van der Waals surface area contributed by atoms with Crippen molar-refractivity contribution in [2.24, 2.45) is 11.3 Å². The predicted molar refractivity (Wildman–Crippen MR) is 136 cm³/mol. The normalized spacial score (nSPS) is 22.8. The van der Waals surface area contributed by atoms with Crippen LogP contribution in [-0.4, -0.2) is 41.0 Å². The number of hydrogen-bond acceptors (Lipinski definition) is 5. The fraction of sp³-hybridized carbons (Fsp3) is 0.500. The topological polar surface area (TPSA) is 106 Å². The number of amides is 2. The van der Waals surface area contributed by atoms with E-state index in [-0.39, 0.29) is 41.4 Å². The fourth-order valence-corrected chi connectivity index (χ4v) is 5.57. The third-order valence-corrected chi connectivity index (χ3v) is 7.07. The minimum atomic E-state index is -0.519. The molecule has 1 spiro atoms. The number of carbonyl (C=O) groups is 3.